The standard InChI is InChI=1S/C10H14.CHClO/c1-8(2)10-6-4-9(3)5-7-10;2-1-3/h4-8H,1-3H3;1H. The molecule has 0 unspecified atom stereocenters. The first-order chi connectivity index (χ1) is 6.11. The van der Waals surface area contributed by atoms with Crippen LogP contribution in [-0.2, 0) is 4.79 Å². The fourth-order valence-electron chi connectivity index (χ4n) is 0.951. The Morgan fingerprint density at radius 3 is 1.92 bits per heavy atom. The van der Waals surface area contributed by atoms with Crippen LogP contribution < -0.4 is 0 Å². The third kappa shape index (κ3) is 5.42. The Bertz CT molecular complexity index is 239. The summed E-state index contributed by atoms with van der Waals surface area (Å²) in [6.07, 6.45) is 0. The van der Waals surface area contributed by atoms with Crippen molar-refractivity contribution >= 4 is 17.3 Å². The number of hydrogen-bond donors (Lipinski definition) is 0. The van der Waals surface area contributed by atoms with Crippen LogP contribution in [0.1, 0.15) is 30.9 Å². The van der Waals surface area contributed by atoms with Gasteiger partial charge in [-0.15, -0.1) is 0 Å². The van der Waals surface area contributed by atoms with Crippen LogP contribution in [0, 0.1) is 6.92 Å². The summed E-state index contributed by atoms with van der Waals surface area (Å²) in [6.45, 7) is 6.54. The minimum absolute atomic E-state index is 0.222. The number of aryl methyl sites for hydroxylation is 1. The summed E-state index contributed by atoms with van der Waals surface area (Å²) in [5.41, 5.74) is 2.76. The third-order valence-corrected chi connectivity index (χ3v) is 1.74. The van der Waals surface area contributed by atoms with E-state index in [9.17, 15) is 0 Å². The molecule has 1 rings (SSSR count). The number of carbonyl (C=O) groups excluding carboxylic acids is 1. The molecule has 1 aromatic carbocycles. The molecule has 0 bridgehead atoms. The summed E-state index contributed by atoms with van der Waals surface area (Å²) in [5, 5.41) is 0. The topological polar surface area (TPSA) is 17.1 Å². The van der Waals surface area contributed by atoms with Crippen molar-refractivity contribution in [2.45, 2.75) is 26.7 Å². The zero-order chi connectivity index (χ0) is 10.3. The van der Waals surface area contributed by atoms with E-state index in [0.29, 0.717) is 5.92 Å². The fraction of sp³-hybridized carbons (Fsp3) is 0.364. The van der Waals surface area contributed by atoms with Gasteiger partial charge >= 0.3 is 0 Å². The average Bonchev–Trinajstić information content (AvgIpc) is 2.06. The predicted octanol–water partition coefficient (Wildman–Crippen LogP) is 3.53. The van der Waals surface area contributed by atoms with Gasteiger partial charge in [-0.25, -0.2) is 0 Å². The lowest BCUT2D eigenvalue weighted by Gasteiger charge is -2.03. The number of benzene rings is 1. The minimum Gasteiger partial charge on any atom is -0.285 e. The summed E-state index contributed by atoms with van der Waals surface area (Å²) in [7, 11) is 0. The first kappa shape index (κ1) is 12.2. The van der Waals surface area contributed by atoms with Gasteiger partial charge in [0.15, 0.2) is 0 Å². The Balaban J connectivity index is 0.000000424. The molecular weight excluding hydrogens is 184 g/mol. The van der Waals surface area contributed by atoms with Crippen LogP contribution in [0.2, 0.25) is 0 Å². The molecule has 0 aliphatic carbocycles. The van der Waals surface area contributed by atoms with Gasteiger partial charge in [0, 0.05) is 0 Å². The average molecular weight is 199 g/mol. The maximum Gasteiger partial charge on any atom is 0.208 e. The van der Waals surface area contributed by atoms with E-state index < -0.39 is 0 Å². The van der Waals surface area contributed by atoms with Crippen LogP contribution in [0.3, 0.4) is 0 Å². The molecule has 0 amide bonds. The Morgan fingerprint density at radius 1 is 1.23 bits per heavy atom. The Morgan fingerprint density at radius 2 is 1.62 bits per heavy atom. The molecule has 1 aromatic rings. The molecule has 0 aliphatic heterocycles. The number of hydrogen-bond acceptors (Lipinski definition) is 1. The fourth-order valence-corrected chi connectivity index (χ4v) is 0.951. The lowest BCUT2D eigenvalue weighted by Crippen LogP contribution is -1.85. The molecular formula is C11H15ClO. The highest BCUT2D eigenvalue weighted by molar-refractivity contribution is 6.54. The Kier molecular flexibility index (Phi) is 6.25. The second kappa shape index (κ2) is 6.67. The van der Waals surface area contributed by atoms with E-state index >= 15 is 0 Å². The molecule has 0 N–H and O–H groups in total. The first-order valence-corrected chi connectivity index (χ1v) is 4.66. The van der Waals surface area contributed by atoms with Gasteiger partial charge < -0.3 is 0 Å². The molecule has 0 aliphatic rings. The molecule has 72 valence electrons. The Hall–Kier alpha value is -0.820. The van der Waals surface area contributed by atoms with Crippen LogP contribution in [0.4, 0.5) is 0 Å². The quantitative estimate of drug-likeness (QED) is 0.499. The van der Waals surface area contributed by atoms with Gasteiger partial charge in [0.05, 0.1) is 0 Å². The predicted molar refractivity (Wildman–Crippen MR) is 57.9 cm³/mol. The van der Waals surface area contributed by atoms with Gasteiger partial charge in [0.1, 0.15) is 0 Å². The Labute approximate surface area is 84.7 Å². The largest absolute Gasteiger partial charge is 0.285 e. The van der Waals surface area contributed by atoms with E-state index in [0.717, 1.165) is 0 Å². The van der Waals surface area contributed by atoms with Crippen LogP contribution in [0.15, 0.2) is 24.3 Å². The van der Waals surface area contributed by atoms with Gasteiger partial charge in [-0.3, -0.25) is 4.79 Å². The van der Waals surface area contributed by atoms with Crippen molar-refractivity contribution in [3.05, 3.63) is 35.4 Å². The highest BCUT2D eigenvalue weighted by Gasteiger charge is 1.95. The maximum atomic E-state index is 8.57. The monoisotopic (exact) mass is 198 g/mol. The molecule has 0 heterocycles. The van der Waals surface area contributed by atoms with E-state index in [1.807, 2.05) is 0 Å². The molecule has 0 saturated carbocycles. The van der Waals surface area contributed by atoms with Gasteiger partial charge in [0.2, 0.25) is 5.75 Å². The van der Waals surface area contributed by atoms with Crippen molar-refractivity contribution in [1.82, 2.24) is 0 Å². The molecule has 0 spiro atoms. The zero-order valence-electron chi connectivity index (χ0n) is 8.25. The molecule has 0 fully saturated rings. The molecule has 0 radical (unpaired) electrons. The normalized spacial score (nSPS) is 9.00. The minimum atomic E-state index is 0.222. The van der Waals surface area contributed by atoms with E-state index in [1.54, 1.807) is 0 Å². The van der Waals surface area contributed by atoms with E-state index in [2.05, 4.69) is 56.6 Å². The summed E-state index contributed by atoms with van der Waals surface area (Å²) >= 11 is 4.32. The van der Waals surface area contributed by atoms with E-state index in [4.69, 9.17) is 4.79 Å². The van der Waals surface area contributed by atoms with Gasteiger partial charge in [-0.05, 0) is 30.0 Å². The molecule has 2 heteroatoms. The van der Waals surface area contributed by atoms with Gasteiger partial charge in [0.25, 0.3) is 0 Å². The van der Waals surface area contributed by atoms with Crippen LogP contribution in [0.25, 0.3) is 0 Å². The number of carbonyl (C=O) groups is 1. The lowest BCUT2D eigenvalue weighted by molar-refractivity contribution is 0.569. The highest BCUT2D eigenvalue weighted by Crippen LogP contribution is 2.13. The molecule has 0 atom stereocenters. The van der Waals surface area contributed by atoms with Crippen LogP contribution in [-0.4, -0.2) is 5.75 Å². The van der Waals surface area contributed by atoms with Crippen LogP contribution in [0.5, 0.6) is 0 Å². The van der Waals surface area contributed by atoms with Gasteiger partial charge in [-0.2, -0.15) is 0 Å². The van der Waals surface area contributed by atoms with Crippen molar-refractivity contribution < 1.29 is 4.79 Å². The van der Waals surface area contributed by atoms with E-state index in [1.165, 1.54) is 11.1 Å². The third-order valence-electron chi connectivity index (χ3n) is 1.74. The number of rotatable bonds is 1. The first-order valence-electron chi connectivity index (χ1n) is 4.22. The second-order valence-electron chi connectivity index (χ2n) is 3.15. The van der Waals surface area contributed by atoms with Crippen molar-refractivity contribution in [1.29, 1.82) is 0 Å². The van der Waals surface area contributed by atoms with Crippen molar-refractivity contribution in [2.75, 3.05) is 0 Å². The highest BCUT2D eigenvalue weighted by atomic mass is 35.5. The molecule has 0 aromatic heterocycles. The summed E-state index contributed by atoms with van der Waals surface area (Å²) in [6, 6.07) is 8.71. The van der Waals surface area contributed by atoms with Crippen molar-refractivity contribution in [2.24, 2.45) is 0 Å². The smallest absolute Gasteiger partial charge is 0.208 e. The zero-order valence-corrected chi connectivity index (χ0v) is 9.01. The van der Waals surface area contributed by atoms with Crippen molar-refractivity contribution in [3.63, 3.8) is 0 Å². The summed E-state index contributed by atoms with van der Waals surface area (Å²) in [4.78, 5) is 8.57. The molecule has 13 heavy (non-hydrogen) atoms. The second-order valence-corrected chi connectivity index (χ2v) is 3.33. The van der Waals surface area contributed by atoms with Crippen LogP contribution >= 0.6 is 11.6 Å². The van der Waals surface area contributed by atoms with E-state index in [-0.39, 0.29) is 5.75 Å². The van der Waals surface area contributed by atoms with Crippen molar-refractivity contribution in [3.8, 4) is 0 Å². The molecule has 0 saturated heterocycles. The number of halogens is 1. The summed E-state index contributed by atoms with van der Waals surface area (Å²) < 4.78 is 0. The SMILES string of the molecule is Cc1ccc(C(C)C)cc1.O=CCl. The maximum absolute atomic E-state index is 8.57. The molecule has 1 nitrogen and oxygen atoms in total. The van der Waals surface area contributed by atoms with Gasteiger partial charge in [-0.1, -0.05) is 43.7 Å². The summed E-state index contributed by atoms with van der Waals surface area (Å²) in [5.74, 6) is 0.876. The lowest BCUT2D eigenvalue weighted by atomic mass is 10.0.